The van der Waals surface area contributed by atoms with Gasteiger partial charge in [0.25, 0.3) is 0 Å². The number of aryl methyl sites for hydroxylation is 1. The first-order valence-electron chi connectivity index (χ1n) is 6.30. The van der Waals surface area contributed by atoms with Crippen molar-refractivity contribution in [2.45, 2.75) is 12.8 Å². The summed E-state index contributed by atoms with van der Waals surface area (Å²) in [5.41, 5.74) is 1.32. The van der Waals surface area contributed by atoms with Gasteiger partial charge in [-0.05, 0) is 0 Å². The molecule has 0 atom stereocenters. The van der Waals surface area contributed by atoms with E-state index in [0.717, 1.165) is 22.7 Å². The van der Waals surface area contributed by atoms with Crippen molar-refractivity contribution in [3.8, 4) is 0 Å². The summed E-state index contributed by atoms with van der Waals surface area (Å²) in [7, 11) is 0. The standard InChI is InChI=1S/C17H16OTe/c18-14-17(19-16-11-5-2-6-12-16)13-7-10-15-8-3-1-4-9-15/h1-6,8-9,11-14H,7,10H2/b17-13+. The summed E-state index contributed by atoms with van der Waals surface area (Å²) in [6.07, 6.45) is 5.07. The molecule has 0 unspecified atom stereocenters. The van der Waals surface area contributed by atoms with Gasteiger partial charge in [0.05, 0.1) is 0 Å². The van der Waals surface area contributed by atoms with Crippen molar-refractivity contribution in [1.82, 2.24) is 0 Å². The van der Waals surface area contributed by atoms with Crippen LogP contribution in [0.4, 0.5) is 0 Å². The van der Waals surface area contributed by atoms with Crippen LogP contribution in [0.15, 0.2) is 70.4 Å². The van der Waals surface area contributed by atoms with Crippen molar-refractivity contribution in [3.05, 3.63) is 75.9 Å². The van der Waals surface area contributed by atoms with Crippen LogP contribution in [0.25, 0.3) is 0 Å². The Morgan fingerprint density at radius 3 is 2.21 bits per heavy atom. The molecule has 19 heavy (non-hydrogen) atoms. The molecule has 0 amide bonds. The maximum atomic E-state index is 11.1. The molecule has 0 aliphatic heterocycles. The number of hydrogen-bond acceptors (Lipinski definition) is 1. The summed E-state index contributed by atoms with van der Waals surface area (Å²) in [6, 6.07) is 20.7. The van der Waals surface area contributed by atoms with E-state index in [9.17, 15) is 4.79 Å². The zero-order chi connectivity index (χ0) is 13.3. The molecule has 2 rings (SSSR count). The van der Waals surface area contributed by atoms with Gasteiger partial charge in [0.15, 0.2) is 0 Å². The van der Waals surface area contributed by atoms with E-state index < -0.39 is 20.9 Å². The Kier molecular flexibility index (Phi) is 5.87. The Morgan fingerprint density at radius 2 is 1.58 bits per heavy atom. The fraction of sp³-hybridized carbons (Fsp3) is 0.118. The van der Waals surface area contributed by atoms with E-state index in [0.29, 0.717) is 0 Å². The molecule has 0 fully saturated rings. The average Bonchev–Trinajstić information content (AvgIpc) is 2.48. The molecular weight excluding hydrogens is 348 g/mol. The average molecular weight is 364 g/mol. The van der Waals surface area contributed by atoms with Crippen molar-refractivity contribution in [2.24, 2.45) is 0 Å². The van der Waals surface area contributed by atoms with E-state index in [1.54, 1.807) is 0 Å². The monoisotopic (exact) mass is 366 g/mol. The molecule has 0 saturated heterocycles. The zero-order valence-electron chi connectivity index (χ0n) is 10.7. The Bertz CT molecular complexity index is 532. The topological polar surface area (TPSA) is 17.1 Å². The second-order valence-electron chi connectivity index (χ2n) is 4.16. The first kappa shape index (κ1) is 14.1. The number of carbonyl (C=O) groups is 1. The van der Waals surface area contributed by atoms with Gasteiger partial charge < -0.3 is 0 Å². The van der Waals surface area contributed by atoms with E-state index in [2.05, 4.69) is 42.5 Å². The van der Waals surface area contributed by atoms with Gasteiger partial charge in [-0.1, -0.05) is 0 Å². The van der Waals surface area contributed by atoms with Crippen molar-refractivity contribution in [2.75, 3.05) is 0 Å². The molecule has 96 valence electrons. The van der Waals surface area contributed by atoms with Crippen LogP contribution in [0, 0.1) is 0 Å². The van der Waals surface area contributed by atoms with Gasteiger partial charge in [0.2, 0.25) is 0 Å². The molecule has 0 bridgehead atoms. The minimum absolute atomic E-state index is 0.520. The first-order valence-corrected chi connectivity index (χ1v) is 8.63. The van der Waals surface area contributed by atoms with E-state index in [1.807, 2.05) is 24.3 Å². The third kappa shape index (κ3) is 5.03. The van der Waals surface area contributed by atoms with Gasteiger partial charge in [-0.25, -0.2) is 0 Å². The molecule has 0 N–H and O–H groups in total. The summed E-state index contributed by atoms with van der Waals surface area (Å²) >= 11 is -0.520. The number of carbonyl (C=O) groups excluding carboxylic acids is 1. The van der Waals surface area contributed by atoms with E-state index >= 15 is 0 Å². The summed E-state index contributed by atoms with van der Waals surface area (Å²) in [4.78, 5) is 11.1. The van der Waals surface area contributed by atoms with Gasteiger partial charge in [-0.2, -0.15) is 0 Å². The predicted molar refractivity (Wildman–Crippen MR) is 80.7 cm³/mol. The zero-order valence-corrected chi connectivity index (χ0v) is 13.0. The fourth-order valence-corrected chi connectivity index (χ4v) is 4.09. The maximum absolute atomic E-state index is 11.1. The van der Waals surface area contributed by atoms with E-state index in [4.69, 9.17) is 0 Å². The van der Waals surface area contributed by atoms with E-state index in [1.165, 1.54) is 9.17 Å². The van der Waals surface area contributed by atoms with Crippen LogP contribution in [0.2, 0.25) is 0 Å². The van der Waals surface area contributed by atoms with Gasteiger partial charge in [0.1, 0.15) is 0 Å². The molecule has 2 aromatic rings. The number of rotatable bonds is 6. The van der Waals surface area contributed by atoms with Crippen LogP contribution in [0.3, 0.4) is 0 Å². The predicted octanol–water partition coefficient (Wildman–Crippen LogP) is 2.73. The molecule has 0 saturated carbocycles. The molecule has 2 aromatic carbocycles. The molecule has 0 radical (unpaired) electrons. The van der Waals surface area contributed by atoms with Crippen LogP contribution in [-0.2, 0) is 11.2 Å². The van der Waals surface area contributed by atoms with Crippen LogP contribution in [0.1, 0.15) is 12.0 Å². The van der Waals surface area contributed by atoms with Crippen LogP contribution in [-0.4, -0.2) is 27.2 Å². The Morgan fingerprint density at radius 1 is 0.947 bits per heavy atom. The molecule has 0 aliphatic carbocycles. The van der Waals surface area contributed by atoms with Gasteiger partial charge in [0, 0.05) is 0 Å². The van der Waals surface area contributed by atoms with Crippen molar-refractivity contribution >= 4 is 30.8 Å². The number of aldehydes is 1. The first-order chi connectivity index (χ1) is 9.38. The molecule has 2 heteroatoms. The molecule has 1 nitrogen and oxygen atoms in total. The molecule has 0 aliphatic rings. The van der Waals surface area contributed by atoms with Gasteiger partial charge >= 0.3 is 124 Å². The Labute approximate surface area is 124 Å². The third-order valence-electron chi connectivity index (χ3n) is 2.72. The summed E-state index contributed by atoms with van der Waals surface area (Å²) in [5, 5.41) is 0. The number of allylic oxidation sites excluding steroid dienone is 2. The normalized spacial score (nSPS) is 11.3. The van der Waals surface area contributed by atoms with Crippen molar-refractivity contribution < 1.29 is 4.79 Å². The van der Waals surface area contributed by atoms with E-state index in [-0.39, 0.29) is 0 Å². The fourth-order valence-electron chi connectivity index (χ4n) is 1.76. The molecule has 0 spiro atoms. The van der Waals surface area contributed by atoms with Crippen molar-refractivity contribution in [1.29, 1.82) is 0 Å². The molecular formula is C17H16OTe. The third-order valence-corrected chi connectivity index (χ3v) is 5.59. The number of hydrogen-bond donors (Lipinski definition) is 0. The quantitative estimate of drug-likeness (QED) is 0.438. The SMILES string of the molecule is O=C/C(=C\CCc1ccccc1)[Te]c1ccccc1. The van der Waals surface area contributed by atoms with Gasteiger partial charge in [-0.15, -0.1) is 0 Å². The van der Waals surface area contributed by atoms with Crippen LogP contribution in [0.5, 0.6) is 0 Å². The molecule has 0 heterocycles. The Balaban J connectivity index is 1.91. The Hall–Kier alpha value is -1.36. The summed E-state index contributed by atoms with van der Waals surface area (Å²) < 4.78 is 2.30. The molecule has 0 aromatic heterocycles. The summed E-state index contributed by atoms with van der Waals surface area (Å²) in [6.45, 7) is 0. The van der Waals surface area contributed by atoms with Crippen LogP contribution >= 0.6 is 0 Å². The minimum atomic E-state index is -0.520. The van der Waals surface area contributed by atoms with Crippen LogP contribution < -0.4 is 3.61 Å². The summed E-state index contributed by atoms with van der Waals surface area (Å²) in [5.74, 6) is 0. The van der Waals surface area contributed by atoms with Gasteiger partial charge in [-0.3, -0.25) is 0 Å². The number of benzene rings is 2. The second kappa shape index (κ2) is 7.94. The second-order valence-corrected chi connectivity index (χ2v) is 7.44. The van der Waals surface area contributed by atoms with Crippen molar-refractivity contribution in [3.63, 3.8) is 0 Å².